The highest BCUT2D eigenvalue weighted by atomic mass is 16.2. The Hall–Kier alpha value is -2.13. The fraction of sp³-hybridized carbons (Fsp3) is 0.350. The summed E-state index contributed by atoms with van der Waals surface area (Å²) >= 11 is 0. The van der Waals surface area contributed by atoms with Gasteiger partial charge in [0.1, 0.15) is 0 Å². The van der Waals surface area contributed by atoms with Crippen LogP contribution in [0.2, 0.25) is 0 Å². The van der Waals surface area contributed by atoms with Crippen molar-refractivity contribution in [3.8, 4) is 0 Å². The van der Waals surface area contributed by atoms with E-state index in [1.54, 1.807) is 0 Å². The predicted octanol–water partition coefficient (Wildman–Crippen LogP) is 3.12. The van der Waals surface area contributed by atoms with Crippen molar-refractivity contribution in [2.24, 2.45) is 0 Å². The third kappa shape index (κ3) is 4.20. The first-order valence-electron chi connectivity index (χ1n) is 8.45. The molecule has 1 fully saturated rings. The van der Waals surface area contributed by atoms with E-state index in [-0.39, 0.29) is 5.91 Å². The molecule has 1 aliphatic heterocycles. The van der Waals surface area contributed by atoms with E-state index < -0.39 is 0 Å². The van der Waals surface area contributed by atoms with Crippen LogP contribution in [0, 0.1) is 0 Å². The molecule has 1 N–H and O–H groups in total. The van der Waals surface area contributed by atoms with Gasteiger partial charge in [0.25, 0.3) is 5.91 Å². The summed E-state index contributed by atoms with van der Waals surface area (Å²) in [6.45, 7) is 2.77. The van der Waals surface area contributed by atoms with Crippen LogP contribution in [-0.2, 0) is 6.42 Å². The quantitative estimate of drug-likeness (QED) is 0.920. The van der Waals surface area contributed by atoms with Crippen LogP contribution in [0.25, 0.3) is 0 Å². The van der Waals surface area contributed by atoms with Crippen molar-refractivity contribution in [1.82, 2.24) is 10.2 Å². The second kappa shape index (κ2) is 7.93. The van der Waals surface area contributed by atoms with Crippen molar-refractivity contribution >= 4 is 5.91 Å². The minimum atomic E-state index is 0.161. The van der Waals surface area contributed by atoms with Crippen LogP contribution < -0.4 is 5.32 Å². The van der Waals surface area contributed by atoms with Crippen LogP contribution in [0.1, 0.15) is 28.8 Å². The molecule has 0 unspecified atom stereocenters. The summed E-state index contributed by atoms with van der Waals surface area (Å²) in [6.07, 6.45) is 2.98. The smallest absolute Gasteiger partial charge is 0.254 e. The number of nitrogens with one attached hydrogen (secondary N) is 1. The first-order valence-corrected chi connectivity index (χ1v) is 8.45. The zero-order valence-corrected chi connectivity index (χ0v) is 13.4. The van der Waals surface area contributed by atoms with E-state index in [1.807, 2.05) is 36.4 Å². The molecule has 0 spiro atoms. The minimum Gasteiger partial charge on any atom is -0.335 e. The number of hydrogen-bond acceptors (Lipinski definition) is 2. The number of benzene rings is 2. The van der Waals surface area contributed by atoms with Crippen LogP contribution in [0.3, 0.4) is 0 Å². The number of hydrogen-bond donors (Lipinski definition) is 1. The van der Waals surface area contributed by atoms with E-state index in [9.17, 15) is 4.79 Å². The van der Waals surface area contributed by atoms with Gasteiger partial charge in [-0.15, -0.1) is 0 Å². The van der Waals surface area contributed by atoms with Gasteiger partial charge in [-0.25, -0.2) is 0 Å². The summed E-state index contributed by atoms with van der Waals surface area (Å²) < 4.78 is 0. The van der Waals surface area contributed by atoms with Crippen LogP contribution in [0.5, 0.6) is 0 Å². The average molecular weight is 308 g/mol. The Bertz CT molecular complexity index is 606. The van der Waals surface area contributed by atoms with Gasteiger partial charge in [-0.2, -0.15) is 0 Å². The summed E-state index contributed by atoms with van der Waals surface area (Å²) in [5, 5.41) is 3.38. The van der Waals surface area contributed by atoms with Crippen molar-refractivity contribution in [3.05, 3.63) is 71.8 Å². The highest BCUT2D eigenvalue weighted by Gasteiger charge is 2.25. The van der Waals surface area contributed by atoms with E-state index in [4.69, 9.17) is 0 Å². The predicted molar refractivity (Wildman–Crippen MR) is 93.5 cm³/mol. The van der Waals surface area contributed by atoms with Crippen molar-refractivity contribution in [1.29, 1.82) is 0 Å². The molecule has 2 aromatic carbocycles. The van der Waals surface area contributed by atoms with Crippen LogP contribution in [0.4, 0.5) is 0 Å². The molecule has 1 heterocycles. The fourth-order valence-electron chi connectivity index (χ4n) is 3.21. The lowest BCUT2D eigenvalue weighted by molar-refractivity contribution is 0.0645. The van der Waals surface area contributed by atoms with Gasteiger partial charge in [0.15, 0.2) is 0 Å². The molecule has 3 nitrogen and oxygen atoms in total. The van der Waals surface area contributed by atoms with Crippen LogP contribution in [0.15, 0.2) is 60.7 Å². The first kappa shape index (κ1) is 15.8. The molecular weight excluding hydrogens is 284 g/mol. The van der Waals surface area contributed by atoms with Gasteiger partial charge in [0.2, 0.25) is 0 Å². The normalized spacial score (nSPS) is 15.3. The number of carbonyl (C=O) groups is 1. The zero-order chi connectivity index (χ0) is 15.9. The summed E-state index contributed by atoms with van der Waals surface area (Å²) in [6, 6.07) is 20.4. The molecule has 0 radical (unpaired) electrons. The molecule has 0 aliphatic carbocycles. The molecule has 1 amide bonds. The Morgan fingerprint density at radius 3 is 2.22 bits per heavy atom. The number of rotatable bonds is 5. The molecule has 0 aromatic heterocycles. The summed E-state index contributed by atoms with van der Waals surface area (Å²) in [5.74, 6) is 0.161. The van der Waals surface area contributed by atoms with Crippen molar-refractivity contribution < 1.29 is 4.79 Å². The molecule has 120 valence electrons. The van der Waals surface area contributed by atoms with Gasteiger partial charge < -0.3 is 10.2 Å². The molecule has 23 heavy (non-hydrogen) atoms. The van der Waals surface area contributed by atoms with Gasteiger partial charge in [-0.3, -0.25) is 4.79 Å². The fourth-order valence-corrected chi connectivity index (χ4v) is 3.21. The monoisotopic (exact) mass is 308 g/mol. The topological polar surface area (TPSA) is 32.3 Å². The van der Waals surface area contributed by atoms with Gasteiger partial charge >= 0.3 is 0 Å². The highest BCUT2D eigenvalue weighted by molar-refractivity contribution is 5.94. The van der Waals surface area contributed by atoms with Crippen LogP contribution >= 0.6 is 0 Å². The second-order valence-corrected chi connectivity index (χ2v) is 6.08. The molecule has 3 rings (SSSR count). The third-order valence-electron chi connectivity index (χ3n) is 4.52. The van der Waals surface area contributed by atoms with Crippen molar-refractivity contribution in [2.45, 2.75) is 25.3 Å². The highest BCUT2D eigenvalue weighted by Crippen LogP contribution is 2.17. The molecular formula is C20H24N2O. The Morgan fingerprint density at radius 2 is 1.57 bits per heavy atom. The molecule has 1 saturated heterocycles. The van der Waals surface area contributed by atoms with Gasteiger partial charge in [0.05, 0.1) is 0 Å². The lowest BCUT2D eigenvalue weighted by atomic mass is 10.0. The molecule has 0 atom stereocenters. The maximum absolute atomic E-state index is 13.0. The van der Waals surface area contributed by atoms with E-state index in [0.29, 0.717) is 6.04 Å². The summed E-state index contributed by atoms with van der Waals surface area (Å²) in [7, 11) is 0. The molecule has 0 saturated carbocycles. The Balaban J connectivity index is 1.74. The van der Waals surface area contributed by atoms with E-state index >= 15 is 0 Å². The van der Waals surface area contributed by atoms with Crippen molar-refractivity contribution in [2.75, 3.05) is 19.6 Å². The van der Waals surface area contributed by atoms with E-state index in [2.05, 4.69) is 34.5 Å². The van der Waals surface area contributed by atoms with E-state index in [0.717, 1.165) is 44.5 Å². The number of carbonyl (C=O) groups excluding carboxylic acids is 1. The Morgan fingerprint density at radius 1 is 0.957 bits per heavy atom. The SMILES string of the molecule is O=C(c1ccccc1)N(CCc1ccccc1)C1CCNCC1. The molecule has 3 heteroatoms. The number of nitrogens with zero attached hydrogens (tertiary/aromatic N) is 1. The largest absolute Gasteiger partial charge is 0.335 e. The van der Waals surface area contributed by atoms with Gasteiger partial charge in [-0.1, -0.05) is 48.5 Å². The molecule has 1 aliphatic rings. The number of piperidine rings is 1. The first-order chi connectivity index (χ1) is 11.3. The third-order valence-corrected chi connectivity index (χ3v) is 4.52. The minimum absolute atomic E-state index is 0.161. The lowest BCUT2D eigenvalue weighted by Crippen LogP contribution is -2.47. The molecule has 2 aromatic rings. The Labute approximate surface area is 138 Å². The van der Waals surface area contributed by atoms with Crippen molar-refractivity contribution in [3.63, 3.8) is 0 Å². The zero-order valence-electron chi connectivity index (χ0n) is 13.4. The van der Waals surface area contributed by atoms with E-state index in [1.165, 1.54) is 5.56 Å². The number of amides is 1. The van der Waals surface area contributed by atoms with Gasteiger partial charge in [0, 0.05) is 18.2 Å². The maximum atomic E-state index is 13.0. The lowest BCUT2D eigenvalue weighted by Gasteiger charge is -2.35. The molecule has 0 bridgehead atoms. The van der Waals surface area contributed by atoms with Gasteiger partial charge in [-0.05, 0) is 50.0 Å². The summed E-state index contributed by atoms with van der Waals surface area (Å²) in [4.78, 5) is 15.1. The average Bonchev–Trinajstić information content (AvgIpc) is 2.64. The summed E-state index contributed by atoms with van der Waals surface area (Å²) in [5.41, 5.74) is 2.08. The Kier molecular flexibility index (Phi) is 5.43. The maximum Gasteiger partial charge on any atom is 0.254 e. The van der Waals surface area contributed by atoms with Crippen LogP contribution in [-0.4, -0.2) is 36.5 Å². The standard InChI is InChI=1S/C20H24N2O/c23-20(18-9-5-2-6-10-18)22(19-11-14-21-15-12-19)16-13-17-7-3-1-4-8-17/h1-10,19,21H,11-16H2. The second-order valence-electron chi connectivity index (χ2n) is 6.08.